The summed E-state index contributed by atoms with van der Waals surface area (Å²) < 4.78 is 1.87. The molecule has 8 heteroatoms. The third kappa shape index (κ3) is 3.49. The second kappa shape index (κ2) is 7.83. The van der Waals surface area contributed by atoms with Crippen LogP contribution in [0, 0.1) is 5.92 Å². The Morgan fingerprint density at radius 2 is 1.97 bits per heavy atom. The number of amides is 1. The molecule has 5 heterocycles. The number of piperidine rings is 1. The Hall–Kier alpha value is -2.74. The zero-order valence-electron chi connectivity index (χ0n) is 17.4. The van der Waals surface area contributed by atoms with Crippen molar-refractivity contribution in [2.24, 2.45) is 5.92 Å². The van der Waals surface area contributed by atoms with Crippen LogP contribution in [0.4, 0.5) is 5.82 Å². The molecule has 30 heavy (non-hydrogen) atoms. The van der Waals surface area contributed by atoms with Crippen molar-refractivity contribution < 1.29 is 4.79 Å². The van der Waals surface area contributed by atoms with Crippen molar-refractivity contribution in [1.29, 1.82) is 0 Å². The zero-order chi connectivity index (χ0) is 20.7. The normalized spacial score (nSPS) is 24.3. The molecule has 2 aromatic rings. The van der Waals surface area contributed by atoms with Crippen LogP contribution in [0.25, 0.3) is 0 Å². The summed E-state index contributed by atoms with van der Waals surface area (Å²) in [5.41, 5.74) is 1.23. The number of fused-ring (bicyclic) bond motifs is 4. The third-order valence-electron chi connectivity index (χ3n) is 6.72. The highest BCUT2D eigenvalue weighted by molar-refractivity contribution is 5.94. The summed E-state index contributed by atoms with van der Waals surface area (Å²) >= 11 is 0. The van der Waals surface area contributed by atoms with Gasteiger partial charge in [-0.25, -0.2) is 0 Å². The fraction of sp³-hybridized carbons (Fsp3) is 0.545. The maximum absolute atomic E-state index is 13.3. The van der Waals surface area contributed by atoms with E-state index in [2.05, 4.69) is 27.0 Å². The summed E-state index contributed by atoms with van der Waals surface area (Å²) in [5, 5.41) is 8.27. The van der Waals surface area contributed by atoms with Gasteiger partial charge in [-0.05, 0) is 56.6 Å². The highest BCUT2D eigenvalue weighted by Gasteiger charge is 2.36. The van der Waals surface area contributed by atoms with Crippen LogP contribution in [-0.4, -0.2) is 76.8 Å². The Bertz CT molecular complexity index is 991. The van der Waals surface area contributed by atoms with Crippen LogP contribution in [0.3, 0.4) is 0 Å². The van der Waals surface area contributed by atoms with E-state index in [0.29, 0.717) is 31.1 Å². The first kappa shape index (κ1) is 19.2. The van der Waals surface area contributed by atoms with E-state index < -0.39 is 0 Å². The van der Waals surface area contributed by atoms with Crippen molar-refractivity contribution in [2.75, 3.05) is 51.2 Å². The van der Waals surface area contributed by atoms with Gasteiger partial charge in [-0.1, -0.05) is 0 Å². The van der Waals surface area contributed by atoms with Gasteiger partial charge in [-0.3, -0.25) is 9.59 Å². The highest BCUT2D eigenvalue weighted by atomic mass is 16.2. The van der Waals surface area contributed by atoms with Crippen molar-refractivity contribution >= 4 is 11.7 Å². The van der Waals surface area contributed by atoms with Crippen LogP contribution < -0.4 is 10.5 Å². The van der Waals surface area contributed by atoms with E-state index in [1.165, 1.54) is 0 Å². The molecule has 0 saturated carbocycles. The predicted molar refractivity (Wildman–Crippen MR) is 114 cm³/mol. The molecule has 158 valence electrons. The topological polar surface area (TPSA) is 74.6 Å². The first-order valence-electron chi connectivity index (χ1n) is 10.8. The number of nitrogens with zero attached hydrogens (tertiary/aromatic N) is 6. The van der Waals surface area contributed by atoms with Crippen LogP contribution in [0.15, 0.2) is 35.3 Å². The van der Waals surface area contributed by atoms with Gasteiger partial charge in [-0.15, -0.1) is 5.10 Å². The van der Waals surface area contributed by atoms with Gasteiger partial charge in [-0.2, -0.15) is 5.10 Å². The van der Waals surface area contributed by atoms with E-state index >= 15 is 0 Å². The lowest BCUT2D eigenvalue weighted by Gasteiger charge is -2.43. The molecule has 8 nitrogen and oxygen atoms in total. The number of carbonyl (C=O) groups is 1. The molecule has 5 rings (SSSR count). The SMILES string of the molecule is CN1CCCN(C(=O)c2ccc3n(c2=O)C[C@H]2C[C@@H]3CN(c3cccnn3)C2)CC1. The van der Waals surface area contributed by atoms with Gasteiger partial charge in [0.15, 0.2) is 5.82 Å². The molecule has 2 saturated heterocycles. The quantitative estimate of drug-likeness (QED) is 0.739. The molecular weight excluding hydrogens is 380 g/mol. The van der Waals surface area contributed by atoms with E-state index in [1.54, 1.807) is 12.3 Å². The fourth-order valence-electron chi connectivity index (χ4n) is 5.18. The Morgan fingerprint density at radius 1 is 1.07 bits per heavy atom. The molecule has 0 aromatic carbocycles. The lowest BCUT2D eigenvalue weighted by Crippen LogP contribution is -2.48. The van der Waals surface area contributed by atoms with Crippen molar-refractivity contribution in [1.82, 2.24) is 24.6 Å². The summed E-state index contributed by atoms with van der Waals surface area (Å²) in [7, 11) is 2.07. The molecule has 2 aromatic heterocycles. The summed E-state index contributed by atoms with van der Waals surface area (Å²) in [6.45, 7) is 5.56. The second-order valence-corrected chi connectivity index (χ2v) is 8.82. The number of likely N-dealkylation sites (N-methyl/N-ethyl adjacent to an activating group) is 1. The molecule has 0 spiro atoms. The molecular formula is C22H28N6O2. The zero-order valence-corrected chi connectivity index (χ0v) is 17.4. The van der Waals surface area contributed by atoms with Crippen molar-refractivity contribution in [3.63, 3.8) is 0 Å². The minimum atomic E-state index is -0.127. The molecule has 2 bridgehead atoms. The Balaban J connectivity index is 1.41. The molecule has 2 atom stereocenters. The molecule has 3 aliphatic heterocycles. The maximum atomic E-state index is 13.3. The van der Waals surface area contributed by atoms with Crippen LogP contribution in [0.5, 0.6) is 0 Å². The van der Waals surface area contributed by atoms with Gasteiger partial charge in [0.25, 0.3) is 11.5 Å². The van der Waals surface area contributed by atoms with E-state index in [4.69, 9.17) is 0 Å². The summed E-state index contributed by atoms with van der Waals surface area (Å²) in [6.07, 6.45) is 3.70. The van der Waals surface area contributed by atoms with Gasteiger partial charge in [0.1, 0.15) is 5.56 Å². The van der Waals surface area contributed by atoms with Gasteiger partial charge in [0.05, 0.1) is 0 Å². The molecule has 2 fully saturated rings. The van der Waals surface area contributed by atoms with E-state index in [1.807, 2.05) is 27.7 Å². The predicted octanol–water partition coefficient (Wildman–Crippen LogP) is 1.04. The first-order valence-corrected chi connectivity index (χ1v) is 10.8. The lowest BCUT2D eigenvalue weighted by molar-refractivity contribution is 0.0759. The maximum Gasteiger partial charge on any atom is 0.263 e. The van der Waals surface area contributed by atoms with E-state index in [0.717, 1.165) is 50.5 Å². The number of anilines is 1. The van der Waals surface area contributed by atoms with Crippen molar-refractivity contribution in [3.8, 4) is 0 Å². The largest absolute Gasteiger partial charge is 0.354 e. The van der Waals surface area contributed by atoms with E-state index in [9.17, 15) is 9.59 Å². The monoisotopic (exact) mass is 408 g/mol. The Morgan fingerprint density at radius 3 is 2.80 bits per heavy atom. The molecule has 3 aliphatic rings. The summed E-state index contributed by atoms with van der Waals surface area (Å²) in [4.78, 5) is 32.8. The van der Waals surface area contributed by atoms with Crippen molar-refractivity contribution in [3.05, 3.63) is 52.1 Å². The molecule has 0 N–H and O–H groups in total. The standard InChI is InChI=1S/C22H28N6O2/c1-25-8-3-9-26(11-10-25)21(29)18-5-6-19-17-12-16(14-28(19)22(18)30)13-27(15-17)20-4-2-7-23-24-20/h2,4-7,16-17H,3,8-15H2,1H3/t16-,17+/m0/s1. The number of carbonyl (C=O) groups excluding carboxylic acids is 1. The number of hydrogen-bond acceptors (Lipinski definition) is 6. The molecule has 0 radical (unpaired) electrons. The highest BCUT2D eigenvalue weighted by Crippen LogP contribution is 2.36. The Kier molecular flexibility index (Phi) is 5.02. The van der Waals surface area contributed by atoms with Gasteiger partial charge >= 0.3 is 0 Å². The fourth-order valence-corrected chi connectivity index (χ4v) is 5.18. The number of pyridine rings is 1. The van der Waals surface area contributed by atoms with Gasteiger partial charge < -0.3 is 19.3 Å². The number of aromatic nitrogens is 3. The van der Waals surface area contributed by atoms with Crippen LogP contribution in [-0.2, 0) is 6.54 Å². The minimum absolute atomic E-state index is 0.123. The van der Waals surface area contributed by atoms with E-state index in [-0.39, 0.29) is 17.4 Å². The number of hydrogen-bond donors (Lipinski definition) is 0. The average Bonchev–Trinajstić information content (AvgIpc) is 2.99. The second-order valence-electron chi connectivity index (χ2n) is 8.82. The third-order valence-corrected chi connectivity index (χ3v) is 6.72. The minimum Gasteiger partial charge on any atom is -0.354 e. The van der Waals surface area contributed by atoms with Gasteiger partial charge in [0, 0.05) is 57.1 Å². The van der Waals surface area contributed by atoms with Gasteiger partial charge in [0.2, 0.25) is 0 Å². The summed E-state index contributed by atoms with van der Waals surface area (Å²) in [6, 6.07) is 7.65. The summed E-state index contributed by atoms with van der Waals surface area (Å²) in [5.74, 6) is 1.40. The van der Waals surface area contributed by atoms with Crippen molar-refractivity contribution in [2.45, 2.75) is 25.3 Å². The van der Waals surface area contributed by atoms with Crippen LogP contribution in [0.2, 0.25) is 0 Å². The molecule has 0 aliphatic carbocycles. The Labute approximate surface area is 176 Å². The first-order chi connectivity index (χ1) is 14.6. The average molecular weight is 409 g/mol. The lowest BCUT2D eigenvalue weighted by atomic mass is 9.83. The van der Waals surface area contributed by atoms with Crippen LogP contribution >= 0.6 is 0 Å². The molecule has 1 amide bonds. The molecule has 0 unspecified atom stereocenters. The smallest absolute Gasteiger partial charge is 0.263 e. The van der Waals surface area contributed by atoms with Crippen LogP contribution in [0.1, 0.15) is 34.8 Å². The number of rotatable bonds is 2.